The summed E-state index contributed by atoms with van der Waals surface area (Å²) < 4.78 is 68.7. The molecule has 2 aromatic rings. The van der Waals surface area contributed by atoms with E-state index in [1.54, 1.807) is 26.0 Å². The summed E-state index contributed by atoms with van der Waals surface area (Å²) in [5, 5.41) is 2.81. The third kappa shape index (κ3) is 5.37. The van der Waals surface area contributed by atoms with Gasteiger partial charge in [-0.3, -0.25) is 4.79 Å². The van der Waals surface area contributed by atoms with E-state index in [0.717, 1.165) is 23.2 Å². The number of hydrogen-bond donors (Lipinski definition) is 1. The summed E-state index contributed by atoms with van der Waals surface area (Å²) in [5.74, 6) is -3.84. The van der Waals surface area contributed by atoms with Crippen LogP contribution in [0.25, 0.3) is 0 Å². The number of halogens is 5. The molecule has 1 saturated heterocycles. The van der Waals surface area contributed by atoms with Gasteiger partial charge in [-0.1, -0.05) is 6.07 Å². The van der Waals surface area contributed by atoms with E-state index in [0.29, 0.717) is 11.3 Å². The van der Waals surface area contributed by atoms with Gasteiger partial charge in [0.15, 0.2) is 0 Å². The molecule has 1 aliphatic rings. The van der Waals surface area contributed by atoms with Crippen molar-refractivity contribution in [3.63, 3.8) is 0 Å². The van der Waals surface area contributed by atoms with Crippen molar-refractivity contribution in [2.45, 2.75) is 45.0 Å². The molecule has 3 rings (SSSR count). The van der Waals surface area contributed by atoms with Crippen molar-refractivity contribution in [1.82, 2.24) is 9.88 Å². The second-order valence-electron chi connectivity index (χ2n) is 7.26. The van der Waals surface area contributed by atoms with Crippen LogP contribution in [-0.2, 0) is 0 Å². The van der Waals surface area contributed by atoms with Gasteiger partial charge in [0.1, 0.15) is 11.6 Å². The quantitative estimate of drug-likeness (QED) is 0.671. The lowest BCUT2D eigenvalue weighted by Crippen LogP contribution is -2.50. The number of likely N-dealkylation sites (tertiary alicyclic amines) is 1. The number of pyridine rings is 1. The van der Waals surface area contributed by atoms with E-state index in [-0.39, 0.29) is 30.3 Å². The van der Waals surface area contributed by atoms with Gasteiger partial charge in [0.05, 0.1) is 6.54 Å². The Morgan fingerprint density at radius 3 is 2.70 bits per heavy atom. The highest BCUT2D eigenvalue weighted by atomic mass is 19.4. The van der Waals surface area contributed by atoms with Crippen LogP contribution in [0.4, 0.5) is 33.5 Å². The maximum absolute atomic E-state index is 13.8. The largest absolute Gasteiger partial charge is 0.573 e. The lowest BCUT2D eigenvalue weighted by atomic mass is 9.98. The Bertz CT molecular complexity index is 933. The highest BCUT2D eigenvalue weighted by molar-refractivity contribution is 5.97. The van der Waals surface area contributed by atoms with Gasteiger partial charge in [-0.15, -0.1) is 13.2 Å². The smallest absolute Gasteiger partial charge is 0.406 e. The van der Waals surface area contributed by atoms with Crippen molar-refractivity contribution >= 4 is 17.4 Å². The highest BCUT2D eigenvalue weighted by Gasteiger charge is 2.41. The molecule has 162 valence electrons. The van der Waals surface area contributed by atoms with Crippen LogP contribution in [-0.4, -0.2) is 40.7 Å². The number of hydrogen-bond acceptors (Lipinski definition) is 4. The molecule has 10 heteroatoms. The van der Waals surface area contributed by atoms with Gasteiger partial charge in [0.2, 0.25) is 0 Å². The standard InChI is InChI=1S/C20H20F5N3O2/c1-12-3-4-14(27-17-10-15(6-8-26-17)30-20(23,24)25)9-16(12)18(29)28-11-19(21,22)7-5-13(28)2/h3-4,6,8-10,13H,5,7,11H2,1-2H3,(H,26,27)/t13-/m0/s1. The van der Waals surface area contributed by atoms with E-state index >= 15 is 0 Å². The maximum atomic E-state index is 13.8. The molecule has 1 fully saturated rings. The number of rotatable bonds is 4. The number of ether oxygens (including phenoxy) is 1. The van der Waals surface area contributed by atoms with Crippen LogP contribution >= 0.6 is 0 Å². The van der Waals surface area contributed by atoms with Crippen LogP contribution in [0.15, 0.2) is 36.5 Å². The highest BCUT2D eigenvalue weighted by Crippen LogP contribution is 2.32. The Labute approximate surface area is 169 Å². The SMILES string of the molecule is Cc1ccc(Nc2cc(OC(F)(F)F)ccn2)cc1C(=O)N1CC(F)(F)CC[C@@H]1C. The Kier molecular flexibility index (Phi) is 5.87. The molecule has 0 radical (unpaired) electrons. The fourth-order valence-electron chi connectivity index (χ4n) is 3.24. The number of piperidine rings is 1. The van der Waals surface area contributed by atoms with E-state index < -0.39 is 30.5 Å². The summed E-state index contributed by atoms with van der Waals surface area (Å²) in [7, 11) is 0. The second kappa shape index (κ2) is 8.08. The number of anilines is 2. The van der Waals surface area contributed by atoms with Gasteiger partial charge in [0.25, 0.3) is 11.8 Å². The molecule has 5 nitrogen and oxygen atoms in total. The average molecular weight is 429 g/mol. The van der Waals surface area contributed by atoms with Crippen LogP contribution in [0.2, 0.25) is 0 Å². The van der Waals surface area contributed by atoms with E-state index in [9.17, 15) is 26.7 Å². The first-order valence-electron chi connectivity index (χ1n) is 9.22. The van der Waals surface area contributed by atoms with Gasteiger partial charge in [0, 0.05) is 36.0 Å². The molecule has 1 aromatic carbocycles. The zero-order valence-corrected chi connectivity index (χ0v) is 16.3. The van der Waals surface area contributed by atoms with Crippen molar-refractivity contribution in [2.24, 2.45) is 0 Å². The minimum atomic E-state index is -4.84. The molecule has 0 saturated carbocycles. The number of nitrogens with one attached hydrogen (secondary N) is 1. The summed E-state index contributed by atoms with van der Waals surface area (Å²) in [5.41, 5.74) is 1.19. The number of aromatic nitrogens is 1. The van der Waals surface area contributed by atoms with Crippen molar-refractivity contribution in [3.8, 4) is 5.75 Å². The van der Waals surface area contributed by atoms with Gasteiger partial charge >= 0.3 is 6.36 Å². The molecule has 1 aromatic heterocycles. The van der Waals surface area contributed by atoms with Crippen LogP contribution < -0.4 is 10.1 Å². The van der Waals surface area contributed by atoms with Crippen LogP contribution in [0, 0.1) is 6.92 Å². The zero-order chi connectivity index (χ0) is 22.1. The number of alkyl halides is 5. The lowest BCUT2D eigenvalue weighted by molar-refractivity contribution is -0.274. The second-order valence-corrected chi connectivity index (χ2v) is 7.26. The summed E-state index contributed by atoms with van der Waals surface area (Å²) in [6.45, 7) is 2.75. The van der Waals surface area contributed by atoms with Gasteiger partial charge < -0.3 is 15.0 Å². The fraction of sp³-hybridized carbons (Fsp3) is 0.400. The first-order chi connectivity index (χ1) is 13.9. The Hall–Kier alpha value is -2.91. The minimum absolute atomic E-state index is 0.0666. The van der Waals surface area contributed by atoms with E-state index in [4.69, 9.17) is 0 Å². The third-order valence-electron chi connectivity index (χ3n) is 4.83. The summed E-state index contributed by atoms with van der Waals surface area (Å²) in [6.07, 6.45) is -3.76. The monoisotopic (exact) mass is 429 g/mol. The summed E-state index contributed by atoms with van der Waals surface area (Å²) >= 11 is 0. The molecule has 1 amide bonds. The summed E-state index contributed by atoms with van der Waals surface area (Å²) in [4.78, 5) is 18.0. The number of amides is 1. The first-order valence-corrected chi connectivity index (χ1v) is 9.22. The number of benzene rings is 1. The van der Waals surface area contributed by atoms with Crippen LogP contribution in [0.5, 0.6) is 5.75 Å². The molecule has 0 bridgehead atoms. The predicted octanol–water partition coefficient (Wildman–Crippen LogP) is 5.29. The van der Waals surface area contributed by atoms with Gasteiger partial charge in [-0.2, -0.15) is 0 Å². The van der Waals surface area contributed by atoms with Gasteiger partial charge in [-0.05, 0) is 44.0 Å². The Morgan fingerprint density at radius 1 is 1.27 bits per heavy atom. The number of aryl methyl sites for hydroxylation is 1. The molecular formula is C20H20F5N3O2. The van der Waals surface area contributed by atoms with Gasteiger partial charge in [-0.25, -0.2) is 13.8 Å². The maximum Gasteiger partial charge on any atom is 0.573 e. The molecule has 30 heavy (non-hydrogen) atoms. The van der Waals surface area contributed by atoms with Crippen LogP contribution in [0.1, 0.15) is 35.7 Å². The normalized spacial score (nSPS) is 18.8. The van der Waals surface area contributed by atoms with Crippen molar-refractivity contribution in [1.29, 1.82) is 0 Å². The van der Waals surface area contributed by atoms with Crippen molar-refractivity contribution in [3.05, 3.63) is 47.7 Å². The third-order valence-corrected chi connectivity index (χ3v) is 4.83. The molecular weight excluding hydrogens is 409 g/mol. The van der Waals surface area contributed by atoms with E-state index in [1.165, 1.54) is 6.07 Å². The van der Waals surface area contributed by atoms with Crippen molar-refractivity contribution < 1.29 is 31.5 Å². The molecule has 1 N–H and O–H groups in total. The Balaban J connectivity index is 1.82. The molecule has 0 spiro atoms. The number of carbonyl (C=O) groups is 1. The van der Waals surface area contributed by atoms with E-state index in [1.807, 2.05) is 0 Å². The minimum Gasteiger partial charge on any atom is -0.406 e. The molecule has 0 aliphatic carbocycles. The lowest BCUT2D eigenvalue weighted by Gasteiger charge is -2.38. The molecule has 2 heterocycles. The summed E-state index contributed by atoms with van der Waals surface area (Å²) in [6, 6.07) is 6.49. The average Bonchev–Trinajstić information content (AvgIpc) is 2.64. The fourth-order valence-corrected chi connectivity index (χ4v) is 3.24. The topological polar surface area (TPSA) is 54.5 Å². The van der Waals surface area contributed by atoms with Crippen molar-refractivity contribution in [2.75, 3.05) is 11.9 Å². The zero-order valence-electron chi connectivity index (χ0n) is 16.3. The first kappa shape index (κ1) is 21.8. The van der Waals surface area contributed by atoms with E-state index in [2.05, 4.69) is 15.0 Å². The van der Waals surface area contributed by atoms with Crippen LogP contribution in [0.3, 0.4) is 0 Å². The Morgan fingerprint density at radius 2 is 2.00 bits per heavy atom. The molecule has 0 unspecified atom stereocenters. The number of nitrogens with zero attached hydrogens (tertiary/aromatic N) is 2. The molecule has 1 atom stereocenters. The predicted molar refractivity (Wildman–Crippen MR) is 100 cm³/mol. The number of carbonyl (C=O) groups excluding carboxylic acids is 1. The molecule has 1 aliphatic heterocycles.